The molecule has 0 saturated carbocycles. The maximum Gasteiger partial charge on any atom is 0.229 e. The van der Waals surface area contributed by atoms with Crippen molar-refractivity contribution in [1.29, 1.82) is 0 Å². The highest BCUT2D eigenvalue weighted by atomic mass is 32.2. The van der Waals surface area contributed by atoms with Crippen molar-refractivity contribution in [2.24, 2.45) is 5.92 Å². The van der Waals surface area contributed by atoms with E-state index in [1.165, 1.54) is 6.33 Å². The molecular weight excluding hydrogens is 416 g/mol. The Morgan fingerprint density at radius 1 is 1.10 bits per heavy atom. The number of fused-ring (bicyclic) bond motifs is 2. The zero-order valence-corrected chi connectivity index (χ0v) is 19.3. The number of aryl methyl sites for hydroxylation is 1. The molecule has 2 bridgehead atoms. The second kappa shape index (κ2) is 8.70. The van der Waals surface area contributed by atoms with Gasteiger partial charge in [0, 0.05) is 31.1 Å². The molecule has 2 saturated heterocycles. The van der Waals surface area contributed by atoms with E-state index in [0.717, 1.165) is 18.5 Å². The molecule has 4 rings (SSSR count). The number of hydrogen-bond donors (Lipinski definition) is 0. The van der Waals surface area contributed by atoms with Crippen LogP contribution in [0.25, 0.3) is 0 Å². The summed E-state index contributed by atoms with van der Waals surface area (Å²) in [5, 5.41) is 0. The van der Waals surface area contributed by atoms with Crippen LogP contribution in [0.1, 0.15) is 50.8 Å². The van der Waals surface area contributed by atoms with Crippen LogP contribution in [0.4, 0.5) is 0 Å². The fourth-order valence-corrected chi connectivity index (χ4v) is 6.93. The third-order valence-electron chi connectivity index (χ3n) is 5.92. The molecule has 0 radical (unpaired) electrons. The summed E-state index contributed by atoms with van der Waals surface area (Å²) in [4.78, 5) is 12.8. The Morgan fingerprint density at radius 2 is 1.77 bits per heavy atom. The molecule has 0 aromatic carbocycles. The molecule has 2 aliphatic rings. The number of ether oxygens (including phenoxy) is 2. The van der Waals surface area contributed by atoms with Gasteiger partial charge in [-0.3, -0.25) is 4.98 Å². The van der Waals surface area contributed by atoms with Gasteiger partial charge in [-0.15, -0.1) is 0 Å². The molecule has 2 aliphatic heterocycles. The molecule has 2 fully saturated rings. The first-order valence-electron chi connectivity index (χ1n) is 10.8. The van der Waals surface area contributed by atoms with E-state index in [9.17, 15) is 8.42 Å². The predicted molar refractivity (Wildman–Crippen MR) is 117 cm³/mol. The number of hydrogen-bond acceptors (Lipinski definition) is 7. The first-order chi connectivity index (χ1) is 14.7. The van der Waals surface area contributed by atoms with Crippen LogP contribution in [0, 0.1) is 19.8 Å². The van der Waals surface area contributed by atoms with Crippen molar-refractivity contribution in [2.75, 3.05) is 5.75 Å². The third-order valence-corrected chi connectivity index (χ3v) is 8.25. The number of aromatic nitrogens is 3. The highest BCUT2D eigenvalue weighted by Gasteiger charge is 2.47. The smallest absolute Gasteiger partial charge is 0.229 e. The monoisotopic (exact) mass is 446 g/mol. The average molecular weight is 447 g/mol. The lowest BCUT2D eigenvalue weighted by atomic mass is 10.0. The second-order valence-corrected chi connectivity index (χ2v) is 10.8. The molecule has 8 nitrogen and oxygen atoms in total. The van der Waals surface area contributed by atoms with E-state index < -0.39 is 10.0 Å². The average Bonchev–Trinajstić information content (AvgIpc) is 2.98. The summed E-state index contributed by atoms with van der Waals surface area (Å²) in [6.07, 6.45) is 6.19. The van der Waals surface area contributed by atoms with Gasteiger partial charge in [0.2, 0.25) is 21.8 Å². The molecule has 2 aromatic rings. The Kier molecular flexibility index (Phi) is 6.16. The quantitative estimate of drug-likeness (QED) is 0.641. The number of rotatable bonds is 7. The van der Waals surface area contributed by atoms with Crippen molar-refractivity contribution in [1.82, 2.24) is 19.3 Å². The maximum atomic E-state index is 12.9. The zero-order valence-electron chi connectivity index (χ0n) is 18.5. The van der Waals surface area contributed by atoms with Gasteiger partial charge in [0.1, 0.15) is 12.4 Å². The van der Waals surface area contributed by atoms with Gasteiger partial charge in [-0.25, -0.2) is 18.4 Å². The van der Waals surface area contributed by atoms with Gasteiger partial charge in [-0.1, -0.05) is 13.8 Å². The van der Waals surface area contributed by atoms with Crippen LogP contribution >= 0.6 is 0 Å². The van der Waals surface area contributed by atoms with Gasteiger partial charge < -0.3 is 9.47 Å². The van der Waals surface area contributed by atoms with Crippen LogP contribution in [-0.2, 0) is 10.0 Å². The molecular formula is C22H30N4O4S. The number of pyridine rings is 1. The largest absolute Gasteiger partial charge is 0.474 e. The van der Waals surface area contributed by atoms with Crippen LogP contribution in [-0.4, -0.2) is 51.6 Å². The first-order valence-corrected chi connectivity index (χ1v) is 12.4. The lowest BCUT2D eigenvalue weighted by Crippen LogP contribution is -2.50. The molecule has 168 valence electrons. The Labute approximate surface area is 184 Å². The minimum Gasteiger partial charge on any atom is -0.474 e. The van der Waals surface area contributed by atoms with Crippen LogP contribution in [0.3, 0.4) is 0 Å². The summed E-state index contributed by atoms with van der Waals surface area (Å²) < 4.78 is 39.7. The van der Waals surface area contributed by atoms with Crippen molar-refractivity contribution in [3.63, 3.8) is 0 Å². The normalized spacial score (nSPS) is 23.8. The molecule has 9 heteroatoms. The van der Waals surface area contributed by atoms with Crippen molar-refractivity contribution < 1.29 is 17.9 Å². The van der Waals surface area contributed by atoms with Gasteiger partial charge in [0.15, 0.2) is 5.75 Å². The van der Waals surface area contributed by atoms with Crippen LogP contribution in [0.5, 0.6) is 17.5 Å². The molecule has 31 heavy (non-hydrogen) atoms. The Morgan fingerprint density at radius 3 is 2.42 bits per heavy atom. The zero-order chi connectivity index (χ0) is 22.2. The fraction of sp³-hybridized carbons (Fsp3) is 0.591. The molecule has 0 unspecified atom stereocenters. The summed E-state index contributed by atoms with van der Waals surface area (Å²) in [6.45, 7) is 7.63. The summed E-state index contributed by atoms with van der Waals surface area (Å²) >= 11 is 0. The highest BCUT2D eigenvalue weighted by Crippen LogP contribution is 2.40. The first kappa shape index (κ1) is 22.0. The van der Waals surface area contributed by atoms with Gasteiger partial charge in [-0.2, -0.15) is 4.31 Å². The van der Waals surface area contributed by atoms with E-state index in [-0.39, 0.29) is 29.9 Å². The maximum absolute atomic E-state index is 12.9. The van der Waals surface area contributed by atoms with Gasteiger partial charge >= 0.3 is 0 Å². The lowest BCUT2D eigenvalue weighted by Gasteiger charge is -2.38. The van der Waals surface area contributed by atoms with Crippen molar-refractivity contribution >= 4 is 10.0 Å². The van der Waals surface area contributed by atoms with Crippen molar-refractivity contribution in [3.05, 3.63) is 35.9 Å². The molecule has 4 heterocycles. The number of sulfonamides is 1. The van der Waals surface area contributed by atoms with E-state index in [4.69, 9.17) is 9.47 Å². The topological polar surface area (TPSA) is 94.5 Å². The highest BCUT2D eigenvalue weighted by molar-refractivity contribution is 7.89. The summed E-state index contributed by atoms with van der Waals surface area (Å²) in [5.41, 5.74) is 1.49. The number of nitrogens with zero attached hydrogens (tertiary/aromatic N) is 4. The van der Waals surface area contributed by atoms with Crippen molar-refractivity contribution in [2.45, 2.75) is 71.6 Å². The second-order valence-electron chi connectivity index (χ2n) is 8.90. The number of piperidine rings is 1. The van der Waals surface area contributed by atoms with E-state index in [0.29, 0.717) is 35.9 Å². The SMILES string of the molecule is Cc1ncccc1Oc1ncnc(OC2C[C@@H]3CC[C@@H](C2)N3S(=O)(=O)CC(C)C)c1C. The van der Waals surface area contributed by atoms with Gasteiger partial charge in [-0.05, 0) is 44.7 Å². The van der Waals surface area contributed by atoms with E-state index in [1.807, 2.05) is 39.8 Å². The van der Waals surface area contributed by atoms with Crippen LogP contribution in [0.15, 0.2) is 24.7 Å². The van der Waals surface area contributed by atoms with E-state index in [1.54, 1.807) is 10.5 Å². The molecule has 0 N–H and O–H groups in total. The summed E-state index contributed by atoms with van der Waals surface area (Å²) in [5.74, 6) is 1.86. The molecule has 0 amide bonds. The molecule has 0 spiro atoms. The molecule has 0 aliphatic carbocycles. The predicted octanol–water partition coefficient (Wildman–Crippen LogP) is 3.64. The molecule has 2 atom stereocenters. The minimum absolute atomic E-state index is 0.00315. The van der Waals surface area contributed by atoms with Gasteiger partial charge in [0.25, 0.3) is 0 Å². The van der Waals surface area contributed by atoms with Gasteiger partial charge in [0.05, 0.1) is 17.0 Å². The summed E-state index contributed by atoms with van der Waals surface area (Å²) in [7, 11) is -3.24. The fourth-order valence-electron chi connectivity index (χ4n) is 4.62. The van der Waals surface area contributed by atoms with E-state index >= 15 is 0 Å². The Hall–Kier alpha value is -2.26. The minimum atomic E-state index is -3.24. The van der Waals surface area contributed by atoms with Crippen molar-refractivity contribution in [3.8, 4) is 17.5 Å². The Bertz CT molecular complexity index is 1030. The van der Waals surface area contributed by atoms with Crippen LogP contribution < -0.4 is 9.47 Å². The third kappa shape index (κ3) is 4.67. The molecule has 2 aromatic heterocycles. The Balaban J connectivity index is 1.47. The van der Waals surface area contributed by atoms with E-state index in [2.05, 4.69) is 15.0 Å². The van der Waals surface area contributed by atoms with Crippen LogP contribution in [0.2, 0.25) is 0 Å². The lowest BCUT2D eigenvalue weighted by molar-refractivity contribution is 0.0906. The summed E-state index contributed by atoms with van der Waals surface area (Å²) in [6, 6.07) is 3.66. The standard InChI is InChI=1S/C22H30N4O4S/c1-14(2)12-31(27,28)26-17-7-8-18(26)11-19(10-17)29-21-15(3)22(25-13-24-21)30-20-6-5-9-23-16(20)4/h5-6,9,13-14,17-19H,7-8,10-12H2,1-4H3/t17-,18-/m0/s1.